The van der Waals surface area contributed by atoms with E-state index in [2.05, 4.69) is 47.2 Å². The monoisotopic (exact) mass is 355 g/mol. The minimum atomic E-state index is 0.152. The quantitative estimate of drug-likeness (QED) is 0.774. The molecule has 0 fully saturated rings. The van der Waals surface area contributed by atoms with E-state index < -0.39 is 0 Å². The third-order valence-corrected chi connectivity index (χ3v) is 4.11. The summed E-state index contributed by atoms with van der Waals surface area (Å²) in [4.78, 5) is 0. The number of halogens is 2. The Bertz CT molecular complexity index is 567. The summed E-state index contributed by atoms with van der Waals surface area (Å²) in [6.07, 6.45) is 1.73. The van der Waals surface area contributed by atoms with E-state index in [1.165, 1.54) is 0 Å². The van der Waals surface area contributed by atoms with Crippen molar-refractivity contribution in [3.05, 3.63) is 56.9 Å². The highest BCUT2D eigenvalue weighted by molar-refractivity contribution is 9.10. The van der Waals surface area contributed by atoms with Crippen molar-refractivity contribution in [2.45, 2.75) is 32.7 Å². The molecule has 0 saturated heterocycles. The Labute approximate surface area is 133 Å². The molecule has 0 bridgehead atoms. The van der Waals surface area contributed by atoms with Gasteiger partial charge in [0.05, 0.1) is 6.04 Å². The van der Waals surface area contributed by atoms with Crippen molar-refractivity contribution in [2.24, 2.45) is 0 Å². The van der Waals surface area contributed by atoms with E-state index in [9.17, 15) is 0 Å². The second-order valence-corrected chi connectivity index (χ2v) is 6.03. The van der Waals surface area contributed by atoms with E-state index in [1.54, 1.807) is 0 Å². The molecule has 0 aliphatic rings. The first kappa shape index (κ1) is 15.6. The van der Waals surface area contributed by atoms with Gasteiger partial charge in [-0.15, -0.1) is 0 Å². The minimum Gasteiger partial charge on any atom is -0.464 e. The van der Waals surface area contributed by atoms with Gasteiger partial charge >= 0.3 is 0 Å². The summed E-state index contributed by atoms with van der Waals surface area (Å²) in [6.45, 7) is 5.08. The Morgan fingerprint density at radius 1 is 1.25 bits per heavy atom. The van der Waals surface area contributed by atoms with E-state index >= 15 is 0 Å². The maximum Gasteiger partial charge on any atom is 0.121 e. The predicted molar refractivity (Wildman–Crippen MR) is 87.4 cm³/mol. The predicted octanol–water partition coefficient (Wildman–Crippen LogP) is 5.15. The van der Waals surface area contributed by atoms with Gasteiger partial charge < -0.3 is 9.73 Å². The van der Waals surface area contributed by atoms with Crippen LogP contribution < -0.4 is 5.32 Å². The molecule has 0 radical (unpaired) electrons. The van der Waals surface area contributed by atoms with Crippen LogP contribution in [0.1, 0.15) is 37.0 Å². The SMILES string of the molecule is CCNC(Cc1ccc(Br)cc1Cl)c1ccc(CC)o1. The van der Waals surface area contributed by atoms with Gasteiger partial charge in [-0.3, -0.25) is 0 Å². The summed E-state index contributed by atoms with van der Waals surface area (Å²) >= 11 is 9.74. The van der Waals surface area contributed by atoms with Crippen LogP contribution in [-0.4, -0.2) is 6.54 Å². The van der Waals surface area contributed by atoms with Gasteiger partial charge in [0.1, 0.15) is 11.5 Å². The first-order valence-corrected chi connectivity index (χ1v) is 8.07. The summed E-state index contributed by atoms with van der Waals surface area (Å²) in [5, 5.41) is 4.24. The molecular weight excluding hydrogens is 338 g/mol. The van der Waals surface area contributed by atoms with Crippen molar-refractivity contribution in [3.63, 3.8) is 0 Å². The fraction of sp³-hybridized carbons (Fsp3) is 0.375. The Morgan fingerprint density at radius 3 is 2.65 bits per heavy atom. The number of furan rings is 1. The normalized spacial score (nSPS) is 12.6. The molecule has 1 aromatic heterocycles. The van der Waals surface area contributed by atoms with Crippen molar-refractivity contribution < 1.29 is 4.42 Å². The molecule has 2 aromatic rings. The zero-order chi connectivity index (χ0) is 14.5. The van der Waals surface area contributed by atoms with Crippen molar-refractivity contribution in [3.8, 4) is 0 Å². The van der Waals surface area contributed by atoms with Gasteiger partial charge in [0, 0.05) is 15.9 Å². The smallest absolute Gasteiger partial charge is 0.121 e. The maximum atomic E-state index is 6.31. The van der Waals surface area contributed by atoms with Crippen molar-refractivity contribution in [2.75, 3.05) is 6.54 Å². The number of benzene rings is 1. The zero-order valence-corrected chi connectivity index (χ0v) is 14.1. The van der Waals surface area contributed by atoms with E-state index in [-0.39, 0.29) is 6.04 Å². The Kier molecular flexibility index (Phi) is 5.70. The third kappa shape index (κ3) is 3.87. The van der Waals surface area contributed by atoms with Crippen LogP contribution in [0.4, 0.5) is 0 Å². The van der Waals surface area contributed by atoms with E-state index in [1.807, 2.05) is 18.2 Å². The summed E-state index contributed by atoms with van der Waals surface area (Å²) in [7, 11) is 0. The summed E-state index contributed by atoms with van der Waals surface area (Å²) in [6, 6.07) is 10.3. The van der Waals surface area contributed by atoms with Crippen LogP contribution in [0.25, 0.3) is 0 Å². The van der Waals surface area contributed by atoms with Crippen LogP contribution >= 0.6 is 27.5 Å². The third-order valence-electron chi connectivity index (χ3n) is 3.26. The van der Waals surface area contributed by atoms with Crippen molar-refractivity contribution >= 4 is 27.5 Å². The molecule has 1 atom stereocenters. The lowest BCUT2D eigenvalue weighted by molar-refractivity contribution is 0.397. The molecular formula is C16H19BrClNO. The number of hydrogen-bond acceptors (Lipinski definition) is 2. The summed E-state index contributed by atoms with van der Waals surface area (Å²) in [5.74, 6) is 1.99. The first-order chi connectivity index (χ1) is 9.63. The van der Waals surface area contributed by atoms with Gasteiger partial charge in [0.15, 0.2) is 0 Å². The largest absolute Gasteiger partial charge is 0.464 e. The molecule has 0 spiro atoms. The van der Waals surface area contributed by atoms with Gasteiger partial charge in [-0.05, 0) is 42.8 Å². The fourth-order valence-corrected chi connectivity index (χ4v) is 2.95. The van der Waals surface area contributed by atoms with E-state index in [4.69, 9.17) is 16.0 Å². The molecule has 1 N–H and O–H groups in total. The van der Waals surface area contributed by atoms with E-state index in [0.29, 0.717) is 0 Å². The lowest BCUT2D eigenvalue weighted by Gasteiger charge is -2.16. The first-order valence-electron chi connectivity index (χ1n) is 6.90. The van der Waals surface area contributed by atoms with E-state index in [0.717, 1.165) is 46.0 Å². The highest BCUT2D eigenvalue weighted by Gasteiger charge is 2.16. The van der Waals surface area contributed by atoms with Crippen LogP contribution in [-0.2, 0) is 12.8 Å². The molecule has 0 aliphatic carbocycles. The molecule has 0 saturated carbocycles. The van der Waals surface area contributed by atoms with Crippen molar-refractivity contribution in [1.82, 2.24) is 5.32 Å². The van der Waals surface area contributed by atoms with Gasteiger partial charge in [-0.25, -0.2) is 0 Å². The van der Waals surface area contributed by atoms with Crippen LogP contribution in [0.3, 0.4) is 0 Å². The Hall–Kier alpha value is -0.770. The van der Waals surface area contributed by atoms with Gasteiger partial charge in [0.25, 0.3) is 0 Å². The topological polar surface area (TPSA) is 25.2 Å². The van der Waals surface area contributed by atoms with Crippen LogP contribution in [0.2, 0.25) is 5.02 Å². The molecule has 20 heavy (non-hydrogen) atoms. The molecule has 108 valence electrons. The number of nitrogens with one attached hydrogen (secondary N) is 1. The molecule has 1 heterocycles. The van der Waals surface area contributed by atoms with Gasteiger partial charge in [-0.2, -0.15) is 0 Å². The van der Waals surface area contributed by atoms with Gasteiger partial charge in [-0.1, -0.05) is 47.4 Å². The summed E-state index contributed by atoms with van der Waals surface area (Å²) < 4.78 is 6.87. The molecule has 0 amide bonds. The van der Waals surface area contributed by atoms with Crippen LogP contribution in [0.15, 0.2) is 39.2 Å². The minimum absolute atomic E-state index is 0.152. The average Bonchev–Trinajstić information content (AvgIpc) is 2.90. The highest BCUT2D eigenvalue weighted by Crippen LogP contribution is 2.27. The molecule has 1 unspecified atom stereocenters. The fourth-order valence-electron chi connectivity index (χ4n) is 2.20. The second-order valence-electron chi connectivity index (χ2n) is 4.71. The second kappa shape index (κ2) is 7.30. The molecule has 1 aromatic carbocycles. The van der Waals surface area contributed by atoms with Crippen LogP contribution in [0, 0.1) is 0 Å². The van der Waals surface area contributed by atoms with Gasteiger partial charge in [0.2, 0.25) is 0 Å². The van der Waals surface area contributed by atoms with Crippen LogP contribution in [0.5, 0.6) is 0 Å². The van der Waals surface area contributed by atoms with Crippen molar-refractivity contribution in [1.29, 1.82) is 0 Å². The molecule has 2 rings (SSSR count). The number of aryl methyl sites for hydroxylation is 1. The number of hydrogen-bond donors (Lipinski definition) is 1. The molecule has 2 nitrogen and oxygen atoms in total. The highest BCUT2D eigenvalue weighted by atomic mass is 79.9. The maximum absolute atomic E-state index is 6.31. The average molecular weight is 357 g/mol. The zero-order valence-electron chi connectivity index (χ0n) is 11.7. The number of likely N-dealkylation sites (N-methyl/N-ethyl adjacent to an activating group) is 1. The lowest BCUT2D eigenvalue weighted by Crippen LogP contribution is -2.22. The standard InChI is InChI=1S/C16H19BrClNO/c1-3-13-7-8-16(20-13)15(19-4-2)9-11-5-6-12(17)10-14(11)18/h5-8,10,15,19H,3-4,9H2,1-2H3. The Balaban J connectivity index is 2.20. The Morgan fingerprint density at radius 2 is 2.05 bits per heavy atom. The lowest BCUT2D eigenvalue weighted by atomic mass is 10.0. The molecule has 0 aliphatic heterocycles. The summed E-state index contributed by atoms with van der Waals surface area (Å²) in [5.41, 5.74) is 1.12. The molecule has 4 heteroatoms. The number of rotatable bonds is 6.